The Kier molecular flexibility index (Phi) is 63.5. The Morgan fingerprint density at radius 2 is 0.512 bits per heavy atom. The van der Waals surface area contributed by atoms with Crippen LogP contribution >= 0.6 is 0 Å². The molecule has 0 saturated heterocycles. The molecule has 0 spiro atoms. The molecule has 1 atom stereocenters. The highest BCUT2D eigenvalue weighted by Crippen LogP contribution is 2.15. The number of hydrogen-bond donors (Lipinski definition) is 0. The predicted octanol–water partition coefficient (Wildman–Crippen LogP) is 22.8. The van der Waals surface area contributed by atoms with Crippen molar-refractivity contribution in [2.24, 2.45) is 0 Å². The van der Waals surface area contributed by atoms with E-state index in [1.54, 1.807) is 6.08 Å². The lowest BCUT2D eigenvalue weighted by Gasteiger charge is -2.18. The van der Waals surface area contributed by atoms with Gasteiger partial charge in [-0.15, -0.1) is 0 Å². The molecule has 0 amide bonds. The van der Waals surface area contributed by atoms with Gasteiger partial charge in [0.15, 0.2) is 6.10 Å². The van der Waals surface area contributed by atoms with Crippen LogP contribution in [0.2, 0.25) is 0 Å². The minimum Gasteiger partial charge on any atom is -0.462 e. The standard InChI is InChI=1S/C76H118O6/c1-4-7-10-13-16-19-22-25-28-29-30-31-32-33-34-35-36-37-38-39-40-41-42-43-44-45-46-47-49-51-54-57-60-63-66-69-75(78)81-72-73(71-80-74(77)68-65-62-59-56-53-50-27-24-21-18-15-12-9-6-3)82-76(79)70-67-64-61-58-55-52-48-26-23-20-17-14-11-8-5-2/h7-8,10-11,16-17,19-20,25-26,28,30-31,33-34,36-37,39-40,42-43,45-46,48-49,51,55,58,64,67,73H,4-6,9,12-15,18,21-24,27,29,32,35,38,41,44,47,50,52-54,56-57,59-63,65-66,68-72H2,1-3H3/b10-7-,11-8-,19-16-,20-17-,28-25-,31-30-,34-33-,37-36-,40-39-,43-42-,46-45-,48-26-,51-49-,58-55-,67-64-. The van der Waals surface area contributed by atoms with Gasteiger partial charge in [0, 0.05) is 12.8 Å². The first-order valence-electron chi connectivity index (χ1n) is 32.8. The van der Waals surface area contributed by atoms with Crippen LogP contribution in [0, 0.1) is 0 Å². The zero-order chi connectivity index (χ0) is 59.2. The zero-order valence-corrected chi connectivity index (χ0v) is 52.4. The van der Waals surface area contributed by atoms with Gasteiger partial charge in [0.2, 0.25) is 0 Å². The topological polar surface area (TPSA) is 78.9 Å². The van der Waals surface area contributed by atoms with E-state index < -0.39 is 12.1 Å². The molecule has 1 unspecified atom stereocenters. The lowest BCUT2D eigenvalue weighted by atomic mass is 10.0. The molecule has 0 fully saturated rings. The minimum absolute atomic E-state index is 0.0841. The van der Waals surface area contributed by atoms with Gasteiger partial charge < -0.3 is 14.2 Å². The van der Waals surface area contributed by atoms with Gasteiger partial charge in [-0.1, -0.05) is 299 Å². The molecule has 6 nitrogen and oxygen atoms in total. The van der Waals surface area contributed by atoms with Gasteiger partial charge in [-0.05, 0) is 122 Å². The van der Waals surface area contributed by atoms with E-state index >= 15 is 0 Å². The molecule has 0 saturated carbocycles. The number of carbonyl (C=O) groups is 3. The fourth-order valence-corrected chi connectivity index (χ4v) is 8.37. The Labute approximate surface area is 504 Å². The first-order valence-corrected chi connectivity index (χ1v) is 32.8. The number of esters is 3. The molecule has 0 N–H and O–H groups in total. The molecule has 458 valence electrons. The summed E-state index contributed by atoms with van der Waals surface area (Å²) in [5.74, 6) is -1.09. The molecule has 0 aromatic carbocycles. The maximum absolute atomic E-state index is 12.8. The van der Waals surface area contributed by atoms with Crippen LogP contribution in [0.25, 0.3) is 0 Å². The van der Waals surface area contributed by atoms with Gasteiger partial charge in [-0.2, -0.15) is 0 Å². The molecule has 0 aromatic heterocycles. The monoisotopic (exact) mass is 1130 g/mol. The number of carbonyl (C=O) groups excluding carboxylic acids is 3. The highest BCUT2D eigenvalue weighted by atomic mass is 16.6. The summed E-state index contributed by atoms with van der Waals surface area (Å²) in [5, 5.41) is 0. The summed E-state index contributed by atoms with van der Waals surface area (Å²) in [6.45, 7) is 6.30. The maximum atomic E-state index is 12.8. The molecular formula is C76H118O6. The molecule has 0 aliphatic heterocycles. The first-order chi connectivity index (χ1) is 40.5. The Bertz CT molecular complexity index is 1920. The quantitative estimate of drug-likeness (QED) is 0.0261. The molecule has 0 radical (unpaired) electrons. The fraction of sp³-hybridized carbons (Fsp3) is 0.566. The Balaban J connectivity index is 4.40. The molecule has 0 heterocycles. The van der Waals surface area contributed by atoms with Crippen molar-refractivity contribution in [3.8, 4) is 0 Å². The highest BCUT2D eigenvalue weighted by Gasteiger charge is 2.19. The molecular weight excluding hydrogens is 1010 g/mol. The van der Waals surface area contributed by atoms with Crippen LogP contribution in [0.4, 0.5) is 0 Å². The van der Waals surface area contributed by atoms with E-state index in [9.17, 15) is 14.4 Å². The highest BCUT2D eigenvalue weighted by molar-refractivity contribution is 5.72. The third kappa shape index (κ3) is 65.3. The van der Waals surface area contributed by atoms with Crippen molar-refractivity contribution in [2.75, 3.05) is 13.2 Å². The Morgan fingerprint density at radius 1 is 0.268 bits per heavy atom. The Hall–Kier alpha value is -5.49. The number of allylic oxidation sites excluding steroid dienone is 29. The number of unbranched alkanes of at least 4 members (excludes halogenated alkanes) is 17. The average Bonchev–Trinajstić information content (AvgIpc) is 3.48. The van der Waals surface area contributed by atoms with E-state index in [0.717, 1.165) is 141 Å². The van der Waals surface area contributed by atoms with Gasteiger partial charge >= 0.3 is 17.9 Å². The van der Waals surface area contributed by atoms with Crippen molar-refractivity contribution in [3.63, 3.8) is 0 Å². The van der Waals surface area contributed by atoms with E-state index in [2.05, 4.69) is 191 Å². The van der Waals surface area contributed by atoms with Gasteiger partial charge in [-0.3, -0.25) is 14.4 Å². The number of hydrogen-bond acceptors (Lipinski definition) is 6. The molecule has 0 aromatic rings. The maximum Gasteiger partial charge on any atom is 0.310 e. The average molecular weight is 1130 g/mol. The molecule has 0 rings (SSSR count). The lowest BCUT2D eigenvalue weighted by Crippen LogP contribution is -2.30. The molecule has 0 bridgehead atoms. The summed E-state index contributed by atoms with van der Waals surface area (Å²) in [5.41, 5.74) is 0. The van der Waals surface area contributed by atoms with Crippen LogP contribution in [0.3, 0.4) is 0 Å². The van der Waals surface area contributed by atoms with E-state index in [-0.39, 0.29) is 31.6 Å². The second-order valence-corrected chi connectivity index (χ2v) is 20.9. The van der Waals surface area contributed by atoms with Gasteiger partial charge in [0.25, 0.3) is 0 Å². The van der Waals surface area contributed by atoms with Crippen molar-refractivity contribution in [2.45, 2.75) is 264 Å². The zero-order valence-electron chi connectivity index (χ0n) is 52.4. The third-order valence-corrected chi connectivity index (χ3v) is 13.2. The van der Waals surface area contributed by atoms with Crippen molar-refractivity contribution in [3.05, 3.63) is 182 Å². The van der Waals surface area contributed by atoms with E-state index in [4.69, 9.17) is 14.2 Å². The molecule has 0 aliphatic carbocycles. The van der Waals surface area contributed by atoms with Crippen LogP contribution in [-0.2, 0) is 28.6 Å². The lowest BCUT2D eigenvalue weighted by molar-refractivity contribution is -0.166. The van der Waals surface area contributed by atoms with Gasteiger partial charge in [-0.25, -0.2) is 0 Å². The minimum atomic E-state index is -0.851. The molecule has 0 aliphatic rings. The first kappa shape index (κ1) is 76.5. The molecule has 6 heteroatoms. The predicted molar refractivity (Wildman–Crippen MR) is 357 cm³/mol. The fourth-order valence-electron chi connectivity index (χ4n) is 8.37. The molecule has 82 heavy (non-hydrogen) atoms. The van der Waals surface area contributed by atoms with Crippen LogP contribution in [-0.4, -0.2) is 37.2 Å². The number of rotatable bonds is 57. The summed E-state index contributed by atoms with van der Waals surface area (Å²) in [4.78, 5) is 38.2. The second-order valence-electron chi connectivity index (χ2n) is 20.9. The summed E-state index contributed by atoms with van der Waals surface area (Å²) in [6, 6.07) is 0. The third-order valence-electron chi connectivity index (χ3n) is 13.2. The van der Waals surface area contributed by atoms with Crippen molar-refractivity contribution in [1.29, 1.82) is 0 Å². The van der Waals surface area contributed by atoms with Crippen molar-refractivity contribution in [1.82, 2.24) is 0 Å². The largest absolute Gasteiger partial charge is 0.462 e. The van der Waals surface area contributed by atoms with E-state index in [0.29, 0.717) is 19.3 Å². The smallest absolute Gasteiger partial charge is 0.310 e. The van der Waals surface area contributed by atoms with Crippen LogP contribution in [0.1, 0.15) is 258 Å². The SMILES string of the molecule is CC/C=C\C/C=C\C/C=C\C/C=C\C/C=C\C/C=C\C/C=C\C/C=C\C/C=C\C/C=C\CCCCCCC(=O)OCC(COC(=O)CCCCCCCCCCCCCCCC)OC(=O)C/C=C\C/C=C\C/C=C\C/C=C\C/C=C\CC. The van der Waals surface area contributed by atoms with Gasteiger partial charge in [0.1, 0.15) is 13.2 Å². The summed E-state index contributed by atoms with van der Waals surface area (Å²) in [7, 11) is 0. The van der Waals surface area contributed by atoms with Crippen LogP contribution < -0.4 is 0 Å². The second kappa shape index (κ2) is 68.0. The summed E-state index contributed by atoms with van der Waals surface area (Å²) >= 11 is 0. The van der Waals surface area contributed by atoms with Gasteiger partial charge in [0.05, 0.1) is 6.42 Å². The van der Waals surface area contributed by atoms with Crippen molar-refractivity contribution >= 4 is 17.9 Å². The van der Waals surface area contributed by atoms with E-state index in [1.807, 2.05) is 6.08 Å². The normalized spacial score (nSPS) is 13.4. The number of ether oxygens (including phenoxy) is 3. The van der Waals surface area contributed by atoms with Crippen molar-refractivity contribution < 1.29 is 28.6 Å². The van der Waals surface area contributed by atoms with Crippen LogP contribution in [0.5, 0.6) is 0 Å². The summed E-state index contributed by atoms with van der Waals surface area (Å²) < 4.78 is 16.8. The van der Waals surface area contributed by atoms with E-state index in [1.165, 1.54) is 70.6 Å². The summed E-state index contributed by atoms with van der Waals surface area (Å²) in [6.07, 6.45) is 102. The van der Waals surface area contributed by atoms with Crippen LogP contribution in [0.15, 0.2) is 182 Å². The Morgan fingerprint density at radius 3 is 0.805 bits per heavy atom.